The molecule has 18 heavy (non-hydrogen) atoms. The monoisotopic (exact) mass is 266 g/mol. The van der Waals surface area contributed by atoms with Crippen LogP contribution in [0.5, 0.6) is 0 Å². The molecule has 2 aromatic rings. The van der Waals surface area contributed by atoms with Gasteiger partial charge < -0.3 is 9.84 Å². The van der Waals surface area contributed by atoms with Gasteiger partial charge in [0.1, 0.15) is 0 Å². The molecule has 0 amide bonds. The lowest BCUT2D eigenvalue weighted by Crippen LogP contribution is -2.17. The predicted octanol–water partition coefficient (Wildman–Crippen LogP) is 2.16. The average molecular weight is 266 g/mol. The molecule has 2 rings (SSSR count). The molecule has 6 heteroatoms. The number of hydrogen-bond acceptors (Lipinski definition) is 6. The van der Waals surface area contributed by atoms with Crippen LogP contribution < -0.4 is 5.32 Å². The van der Waals surface area contributed by atoms with Gasteiger partial charge in [0.2, 0.25) is 5.89 Å². The molecule has 0 aliphatic rings. The summed E-state index contributed by atoms with van der Waals surface area (Å²) in [5.41, 5.74) is 1.22. The normalized spacial score (nSPS) is 11.9. The highest BCUT2D eigenvalue weighted by Gasteiger charge is 2.17. The van der Waals surface area contributed by atoms with Crippen molar-refractivity contribution in [2.24, 2.45) is 0 Å². The van der Waals surface area contributed by atoms with Crippen LogP contribution in [-0.4, -0.2) is 21.7 Å². The van der Waals surface area contributed by atoms with Crippen molar-refractivity contribution in [2.75, 3.05) is 6.54 Å². The van der Waals surface area contributed by atoms with E-state index in [1.54, 1.807) is 11.3 Å². The summed E-state index contributed by atoms with van der Waals surface area (Å²) >= 11 is 1.72. The summed E-state index contributed by atoms with van der Waals surface area (Å²) in [5.74, 6) is 0.663. The second-order valence-electron chi connectivity index (χ2n) is 5.16. The van der Waals surface area contributed by atoms with Crippen molar-refractivity contribution in [1.82, 2.24) is 20.4 Å². The zero-order chi connectivity index (χ0) is 13.0. The number of rotatable bonds is 5. The molecule has 0 spiro atoms. The second-order valence-corrected chi connectivity index (χ2v) is 6.01. The maximum Gasteiger partial charge on any atom is 0.227 e. The Labute approximate surface area is 111 Å². The Morgan fingerprint density at radius 1 is 1.39 bits per heavy atom. The molecule has 1 N–H and O–H groups in total. The standard InChI is InChI=1S/C12H18N4OS/c1-12(2,3)11-16-9(7-18-11)6-13-5-4-10-14-8-15-17-10/h7-8,13H,4-6H2,1-3H3. The summed E-state index contributed by atoms with van der Waals surface area (Å²) < 4.78 is 4.92. The molecule has 5 nitrogen and oxygen atoms in total. The van der Waals surface area contributed by atoms with E-state index in [1.165, 1.54) is 11.3 Å². The van der Waals surface area contributed by atoms with Gasteiger partial charge in [-0.1, -0.05) is 25.9 Å². The minimum Gasteiger partial charge on any atom is -0.340 e. The van der Waals surface area contributed by atoms with Gasteiger partial charge in [0.25, 0.3) is 0 Å². The molecule has 0 saturated heterocycles. The number of hydrogen-bond donors (Lipinski definition) is 1. The Kier molecular flexibility index (Phi) is 4.08. The Bertz CT molecular complexity index is 472. The Morgan fingerprint density at radius 2 is 2.22 bits per heavy atom. The lowest BCUT2D eigenvalue weighted by Gasteiger charge is -2.13. The van der Waals surface area contributed by atoms with E-state index in [4.69, 9.17) is 4.52 Å². The Balaban J connectivity index is 1.75. The fourth-order valence-electron chi connectivity index (χ4n) is 1.45. The molecule has 98 valence electrons. The van der Waals surface area contributed by atoms with E-state index < -0.39 is 0 Å². The van der Waals surface area contributed by atoms with Crippen molar-refractivity contribution in [1.29, 1.82) is 0 Å². The average Bonchev–Trinajstić information content (AvgIpc) is 2.95. The van der Waals surface area contributed by atoms with Crippen LogP contribution in [0.1, 0.15) is 37.4 Å². The van der Waals surface area contributed by atoms with Crippen LogP contribution in [0.25, 0.3) is 0 Å². The molecular weight excluding hydrogens is 248 g/mol. The largest absolute Gasteiger partial charge is 0.340 e. The van der Waals surface area contributed by atoms with Gasteiger partial charge in [-0.25, -0.2) is 4.98 Å². The molecule has 0 radical (unpaired) electrons. The van der Waals surface area contributed by atoms with E-state index in [1.807, 2.05) is 0 Å². The fraction of sp³-hybridized carbons (Fsp3) is 0.583. The van der Waals surface area contributed by atoms with Crippen molar-refractivity contribution in [3.8, 4) is 0 Å². The number of thiazole rings is 1. The van der Waals surface area contributed by atoms with Gasteiger partial charge in [-0.05, 0) is 0 Å². The highest BCUT2D eigenvalue weighted by atomic mass is 32.1. The number of nitrogens with one attached hydrogen (secondary N) is 1. The summed E-state index contributed by atoms with van der Waals surface area (Å²) in [7, 11) is 0. The molecule has 0 bridgehead atoms. The molecule has 0 fully saturated rings. The van der Waals surface area contributed by atoms with Crippen LogP contribution >= 0.6 is 11.3 Å². The summed E-state index contributed by atoms with van der Waals surface area (Å²) in [5, 5.41) is 10.2. The highest BCUT2D eigenvalue weighted by Crippen LogP contribution is 2.25. The van der Waals surface area contributed by atoms with Crippen LogP contribution in [0.15, 0.2) is 16.2 Å². The molecule has 0 atom stereocenters. The van der Waals surface area contributed by atoms with Crippen molar-refractivity contribution in [2.45, 2.75) is 39.2 Å². The smallest absolute Gasteiger partial charge is 0.227 e. The lowest BCUT2D eigenvalue weighted by molar-refractivity contribution is 0.374. The molecular formula is C12H18N4OS. The first-order valence-electron chi connectivity index (χ1n) is 5.97. The van der Waals surface area contributed by atoms with E-state index in [0.29, 0.717) is 5.89 Å². The van der Waals surface area contributed by atoms with Crippen molar-refractivity contribution in [3.05, 3.63) is 28.3 Å². The molecule has 0 unspecified atom stereocenters. The summed E-state index contributed by atoms with van der Waals surface area (Å²) in [6.45, 7) is 8.13. The molecule has 0 aliphatic heterocycles. The maximum absolute atomic E-state index is 4.92. The minimum absolute atomic E-state index is 0.132. The summed E-state index contributed by atoms with van der Waals surface area (Å²) in [4.78, 5) is 8.59. The third-order valence-corrected chi connectivity index (χ3v) is 3.74. The molecule has 0 aromatic carbocycles. The number of nitrogens with zero attached hydrogens (tertiary/aromatic N) is 3. The van der Waals surface area contributed by atoms with Gasteiger partial charge in [0.05, 0.1) is 10.7 Å². The minimum atomic E-state index is 0.132. The first kappa shape index (κ1) is 13.2. The van der Waals surface area contributed by atoms with Crippen molar-refractivity contribution < 1.29 is 4.52 Å². The Hall–Kier alpha value is -1.27. The second kappa shape index (κ2) is 5.58. The van der Waals surface area contributed by atoms with Gasteiger partial charge in [-0.2, -0.15) is 4.98 Å². The van der Waals surface area contributed by atoms with Gasteiger partial charge in [0, 0.05) is 30.3 Å². The van der Waals surface area contributed by atoms with Crippen LogP contribution in [0, 0.1) is 0 Å². The SMILES string of the molecule is CC(C)(C)c1nc(CNCCc2ncno2)cs1. The highest BCUT2D eigenvalue weighted by molar-refractivity contribution is 7.09. The zero-order valence-corrected chi connectivity index (χ0v) is 11.8. The topological polar surface area (TPSA) is 63.8 Å². The maximum atomic E-state index is 4.92. The van der Waals surface area contributed by atoms with Crippen LogP contribution in [0.2, 0.25) is 0 Å². The first-order chi connectivity index (χ1) is 8.55. The number of aromatic nitrogens is 3. The third-order valence-electron chi connectivity index (χ3n) is 2.42. The van der Waals surface area contributed by atoms with Gasteiger partial charge in [-0.15, -0.1) is 11.3 Å². The van der Waals surface area contributed by atoms with E-state index in [9.17, 15) is 0 Å². The van der Waals surface area contributed by atoms with Gasteiger partial charge >= 0.3 is 0 Å². The molecule has 0 aliphatic carbocycles. The van der Waals surface area contributed by atoms with Crippen molar-refractivity contribution >= 4 is 11.3 Å². The van der Waals surface area contributed by atoms with Gasteiger partial charge in [-0.3, -0.25) is 0 Å². The van der Waals surface area contributed by atoms with Gasteiger partial charge in [0.15, 0.2) is 6.33 Å². The van der Waals surface area contributed by atoms with Crippen molar-refractivity contribution in [3.63, 3.8) is 0 Å². The molecule has 2 heterocycles. The van der Waals surface area contributed by atoms with E-state index in [2.05, 4.69) is 46.6 Å². The van der Waals surface area contributed by atoms with Crippen LogP contribution in [0.4, 0.5) is 0 Å². The lowest BCUT2D eigenvalue weighted by atomic mass is 9.98. The fourth-order valence-corrected chi connectivity index (χ4v) is 2.36. The predicted molar refractivity (Wildman–Crippen MR) is 70.5 cm³/mol. The van der Waals surface area contributed by atoms with E-state index in [0.717, 1.165) is 25.2 Å². The molecule has 0 saturated carbocycles. The van der Waals surface area contributed by atoms with Crippen LogP contribution in [0.3, 0.4) is 0 Å². The van der Waals surface area contributed by atoms with E-state index in [-0.39, 0.29) is 5.41 Å². The quantitative estimate of drug-likeness (QED) is 0.840. The first-order valence-corrected chi connectivity index (χ1v) is 6.85. The third kappa shape index (κ3) is 3.61. The summed E-state index contributed by atoms with van der Waals surface area (Å²) in [6, 6.07) is 0. The van der Waals surface area contributed by atoms with Crippen LogP contribution in [-0.2, 0) is 18.4 Å². The van der Waals surface area contributed by atoms with E-state index >= 15 is 0 Å². The summed E-state index contributed by atoms with van der Waals surface area (Å²) in [6.07, 6.45) is 2.17. The zero-order valence-electron chi connectivity index (χ0n) is 10.9. The molecule has 2 aromatic heterocycles. The Morgan fingerprint density at radius 3 is 2.83 bits per heavy atom.